The van der Waals surface area contributed by atoms with Gasteiger partial charge in [-0.1, -0.05) is 0 Å². The van der Waals surface area contributed by atoms with E-state index in [1.54, 1.807) is 7.11 Å². The molecule has 15 heavy (non-hydrogen) atoms. The number of aliphatic hydroxyl groups is 1. The van der Waals surface area contributed by atoms with Crippen LogP contribution >= 0.6 is 0 Å². The normalized spacial score (nSPS) is 19.6. The SMILES string of the molecule is COCCCNCC(O)CN1CCCC1. The number of hydrogen-bond donors (Lipinski definition) is 2. The Kier molecular flexibility index (Phi) is 6.92. The second-order valence-electron chi connectivity index (χ2n) is 4.21. The first kappa shape index (κ1) is 12.9. The van der Waals surface area contributed by atoms with Crippen LogP contribution in [0.25, 0.3) is 0 Å². The average Bonchev–Trinajstić information content (AvgIpc) is 2.70. The molecule has 0 saturated carbocycles. The van der Waals surface area contributed by atoms with E-state index in [0.717, 1.165) is 39.2 Å². The number of hydrogen-bond acceptors (Lipinski definition) is 4. The molecule has 0 spiro atoms. The van der Waals surface area contributed by atoms with Crippen LogP contribution in [0.3, 0.4) is 0 Å². The Bertz CT molecular complexity index is 150. The lowest BCUT2D eigenvalue weighted by Crippen LogP contribution is -2.37. The first-order valence-corrected chi connectivity index (χ1v) is 5.93. The minimum Gasteiger partial charge on any atom is -0.390 e. The number of β-amino-alcohol motifs (C(OH)–C–C–N with tert-alkyl or cyclic N) is 1. The quantitative estimate of drug-likeness (QED) is 0.564. The van der Waals surface area contributed by atoms with Gasteiger partial charge in [-0.15, -0.1) is 0 Å². The van der Waals surface area contributed by atoms with Crippen LogP contribution in [0.2, 0.25) is 0 Å². The van der Waals surface area contributed by atoms with E-state index in [-0.39, 0.29) is 6.10 Å². The average molecular weight is 216 g/mol. The monoisotopic (exact) mass is 216 g/mol. The van der Waals surface area contributed by atoms with E-state index in [1.165, 1.54) is 12.8 Å². The summed E-state index contributed by atoms with van der Waals surface area (Å²) in [6.07, 6.45) is 3.35. The van der Waals surface area contributed by atoms with Crippen LogP contribution in [0.5, 0.6) is 0 Å². The number of rotatable bonds is 8. The Balaban J connectivity index is 1.91. The summed E-state index contributed by atoms with van der Waals surface area (Å²) in [5.41, 5.74) is 0. The van der Waals surface area contributed by atoms with Gasteiger partial charge in [-0.2, -0.15) is 0 Å². The highest BCUT2D eigenvalue weighted by Crippen LogP contribution is 2.07. The van der Waals surface area contributed by atoms with E-state index in [9.17, 15) is 5.11 Å². The van der Waals surface area contributed by atoms with Gasteiger partial charge in [0.1, 0.15) is 0 Å². The molecule has 1 saturated heterocycles. The van der Waals surface area contributed by atoms with Crippen LogP contribution in [-0.4, -0.2) is 62.6 Å². The number of aliphatic hydroxyl groups excluding tert-OH is 1. The molecule has 1 fully saturated rings. The van der Waals surface area contributed by atoms with Crippen molar-refractivity contribution in [3.8, 4) is 0 Å². The van der Waals surface area contributed by atoms with E-state index >= 15 is 0 Å². The van der Waals surface area contributed by atoms with Crippen LogP contribution in [0.4, 0.5) is 0 Å². The summed E-state index contributed by atoms with van der Waals surface area (Å²) in [5.74, 6) is 0. The van der Waals surface area contributed by atoms with Gasteiger partial charge in [-0.3, -0.25) is 0 Å². The highest BCUT2D eigenvalue weighted by molar-refractivity contribution is 4.71. The van der Waals surface area contributed by atoms with Crippen molar-refractivity contribution < 1.29 is 9.84 Å². The maximum atomic E-state index is 9.73. The maximum absolute atomic E-state index is 9.73. The molecule has 4 heteroatoms. The molecule has 0 aromatic carbocycles. The Hall–Kier alpha value is -0.160. The molecular weight excluding hydrogens is 192 g/mol. The molecule has 2 N–H and O–H groups in total. The summed E-state index contributed by atoms with van der Waals surface area (Å²) >= 11 is 0. The van der Waals surface area contributed by atoms with Crippen molar-refractivity contribution in [2.24, 2.45) is 0 Å². The van der Waals surface area contributed by atoms with Crippen LogP contribution < -0.4 is 5.32 Å². The zero-order valence-electron chi connectivity index (χ0n) is 9.74. The van der Waals surface area contributed by atoms with Crippen molar-refractivity contribution in [2.45, 2.75) is 25.4 Å². The van der Waals surface area contributed by atoms with E-state index in [4.69, 9.17) is 4.74 Å². The third-order valence-corrected chi connectivity index (χ3v) is 2.75. The summed E-state index contributed by atoms with van der Waals surface area (Å²) in [6, 6.07) is 0. The van der Waals surface area contributed by atoms with Crippen LogP contribution in [-0.2, 0) is 4.74 Å². The highest BCUT2D eigenvalue weighted by Gasteiger charge is 2.14. The van der Waals surface area contributed by atoms with Crippen molar-refractivity contribution in [3.63, 3.8) is 0 Å². The second kappa shape index (κ2) is 8.05. The largest absolute Gasteiger partial charge is 0.390 e. The highest BCUT2D eigenvalue weighted by atomic mass is 16.5. The molecule has 0 aromatic heterocycles. The summed E-state index contributed by atoms with van der Waals surface area (Å²) in [7, 11) is 1.71. The first-order chi connectivity index (χ1) is 7.33. The number of ether oxygens (including phenoxy) is 1. The molecule has 0 radical (unpaired) electrons. The lowest BCUT2D eigenvalue weighted by molar-refractivity contribution is 0.122. The van der Waals surface area contributed by atoms with Crippen molar-refractivity contribution >= 4 is 0 Å². The van der Waals surface area contributed by atoms with Crippen LogP contribution in [0, 0.1) is 0 Å². The Morgan fingerprint density at radius 2 is 2.13 bits per heavy atom. The molecule has 1 rings (SSSR count). The minimum absolute atomic E-state index is 0.231. The maximum Gasteiger partial charge on any atom is 0.0791 e. The third kappa shape index (κ3) is 6.10. The van der Waals surface area contributed by atoms with E-state index < -0.39 is 0 Å². The summed E-state index contributed by atoms with van der Waals surface area (Å²) in [5, 5.41) is 13.0. The molecule has 1 unspecified atom stereocenters. The number of methoxy groups -OCH3 is 1. The van der Waals surface area contributed by atoms with Gasteiger partial charge in [0.2, 0.25) is 0 Å². The van der Waals surface area contributed by atoms with Gasteiger partial charge in [-0.25, -0.2) is 0 Å². The Morgan fingerprint density at radius 1 is 1.40 bits per heavy atom. The summed E-state index contributed by atoms with van der Waals surface area (Å²) in [4.78, 5) is 2.33. The second-order valence-corrected chi connectivity index (χ2v) is 4.21. The standard InChI is InChI=1S/C11H24N2O2/c1-15-8-4-5-12-9-11(14)10-13-6-2-3-7-13/h11-12,14H,2-10H2,1H3. The molecule has 90 valence electrons. The minimum atomic E-state index is -0.231. The van der Waals surface area contributed by atoms with Crippen LogP contribution in [0.15, 0.2) is 0 Å². The number of nitrogens with zero attached hydrogens (tertiary/aromatic N) is 1. The fourth-order valence-electron chi connectivity index (χ4n) is 1.94. The van der Waals surface area contributed by atoms with Gasteiger partial charge in [0, 0.05) is 26.8 Å². The molecule has 0 aliphatic carbocycles. The smallest absolute Gasteiger partial charge is 0.0791 e. The van der Waals surface area contributed by atoms with E-state index in [0.29, 0.717) is 6.54 Å². The van der Waals surface area contributed by atoms with Crippen molar-refractivity contribution in [3.05, 3.63) is 0 Å². The zero-order chi connectivity index (χ0) is 10.9. The molecule has 0 bridgehead atoms. The predicted octanol–water partition coefficient (Wildman–Crippen LogP) is 0.0692. The molecule has 0 amide bonds. The molecular formula is C11H24N2O2. The van der Waals surface area contributed by atoms with Gasteiger partial charge in [0.05, 0.1) is 6.10 Å². The molecule has 1 heterocycles. The Morgan fingerprint density at radius 3 is 2.80 bits per heavy atom. The van der Waals surface area contributed by atoms with E-state index in [2.05, 4.69) is 10.2 Å². The van der Waals surface area contributed by atoms with Gasteiger partial charge in [0.15, 0.2) is 0 Å². The van der Waals surface area contributed by atoms with Gasteiger partial charge >= 0.3 is 0 Å². The molecule has 1 atom stereocenters. The Labute approximate surface area is 92.6 Å². The third-order valence-electron chi connectivity index (χ3n) is 2.75. The van der Waals surface area contributed by atoms with Crippen molar-refractivity contribution in [1.29, 1.82) is 0 Å². The molecule has 1 aliphatic rings. The zero-order valence-corrected chi connectivity index (χ0v) is 9.74. The molecule has 1 aliphatic heterocycles. The first-order valence-electron chi connectivity index (χ1n) is 5.93. The van der Waals surface area contributed by atoms with Crippen molar-refractivity contribution in [1.82, 2.24) is 10.2 Å². The van der Waals surface area contributed by atoms with Crippen molar-refractivity contribution in [2.75, 3.05) is 46.4 Å². The van der Waals surface area contributed by atoms with Crippen LogP contribution in [0.1, 0.15) is 19.3 Å². The fraction of sp³-hybridized carbons (Fsp3) is 1.00. The van der Waals surface area contributed by atoms with Gasteiger partial charge in [0.25, 0.3) is 0 Å². The molecule has 0 aromatic rings. The fourth-order valence-corrected chi connectivity index (χ4v) is 1.94. The van der Waals surface area contributed by atoms with E-state index in [1.807, 2.05) is 0 Å². The number of nitrogens with one attached hydrogen (secondary N) is 1. The van der Waals surface area contributed by atoms with Gasteiger partial charge in [-0.05, 0) is 38.9 Å². The lowest BCUT2D eigenvalue weighted by Gasteiger charge is -2.19. The summed E-state index contributed by atoms with van der Waals surface area (Å²) < 4.78 is 4.95. The summed E-state index contributed by atoms with van der Waals surface area (Å²) in [6.45, 7) is 5.53. The molecule has 4 nitrogen and oxygen atoms in total. The number of likely N-dealkylation sites (tertiary alicyclic amines) is 1. The topological polar surface area (TPSA) is 44.7 Å². The predicted molar refractivity (Wildman–Crippen MR) is 61.0 cm³/mol. The van der Waals surface area contributed by atoms with Gasteiger partial charge < -0.3 is 20.1 Å². The lowest BCUT2D eigenvalue weighted by atomic mass is 10.3.